The van der Waals surface area contributed by atoms with Crippen molar-refractivity contribution in [3.63, 3.8) is 0 Å². The molecule has 3 aromatic carbocycles. The van der Waals surface area contributed by atoms with E-state index in [2.05, 4.69) is 5.16 Å². The molecule has 0 bridgehead atoms. The molecule has 38 heavy (non-hydrogen) atoms. The first-order chi connectivity index (χ1) is 18.2. The normalized spacial score (nSPS) is 11.7. The van der Waals surface area contributed by atoms with Crippen LogP contribution in [0.1, 0.15) is 46.5 Å². The second-order valence-electron chi connectivity index (χ2n) is 9.00. The molecular formula is C30H28ClNO6. The van der Waals surface area contributed by atoms with Gasteiger partial charge in [0.05, 0.1) is 25.6 Å². The Morgan fingerprint density at radius 1 is 1.03 bits per heavy atom. The van der Waals surface area contributed by atoms with E-state index >= 15 is 0 Å². The first kappa shape index (κ1) is 26.9. The molecule has 0 saturated heterocycles. The number of aromatic nitrogens is 1. The van der Waals surface area contributed by atoms with Crippen LogP contribution in [0, 0.1) is 6.92 Å². The molecule has 0 aliphatic heterocycles. The van der Waals surface area contributed by atoms with E-state index in [0.29, 0.717) is 39.8 Å². The minimum Gasteiger partial charge on any atom is -0.496 e. The number of aryl methyl sites for hydroxylation is 1. The molecule has 0 aliphatic carbocycles. The van der Waals surface area contributed by atoms with Gasteiger partial charge in [0.15, 0.2) is 5.76 Å². The van der Waals surface area contributed by atoms with Crippen LogP contribution < -0.4 is 4.74 Å². The third kappa shape index (κ3) is 6.42. The van der Waals surface area contributed by atoms with Crippen molar-refractivity contribution < 1.29 is 28.7 Å². The van der Waals surface area contributed by atoms with Gasteiger partial charge in [-0.15, -0.1) is 0 Å². The van der Waals surface area contributed by atoms with Crippen LogP contribution in [0.15, 0.2) is 71.3 Å². The molecule has 1 unspecified atom stereocenters. The molecule has 0 amide bonds. The number of methoxy groups -OCH3 is 1. The van der Waals surface area contributed by atoms with Crippen molar-refractivity contribution in [3.8, 4) is 17.1 Å². The van der Waals surface area contributed by atoms with Crippen LogP contribution in [0.5, 0.6) is 5.75 Å². The predicted octanol–water partition coefficient (Wildman–Crippen LogP) is 6.38. The summed E-state index contributed by atoms with van der Waals surface area (Å²) in [4.78, 5) is 23.9. The predicted molar refractivity (Wildman–Crippen MR) is 143 cm³/mol. The van der Waals surface area contributed by atoms with Gasteiger partial charge < -0.3 is 19.1 Å². The Hall–Kier alpha value is -4.10. The molecule has 0 radical (unpaired) electrons. The lowest BCUT2D eigenvalue weighted by Crippen LogP contribution is -2.12. The number of benzene rings is 3. The van der Waals surface area contributed by atoms with Crippen molar-refractivity contribution in [2.24, 2.45) is 0 Å². The SMILES string of the molecule is COc1ccc(CC(=O)O)cc1Cc1ccc(-c2onc(C)c2CC(=O)OC(C)c2ccccc2Cl)cc1. The van der Waals surface area contributed by atoms with Gasteiger partial charge in [-0.2, -0.15) is 0 Å². The zero-order valence-electron chi connectivity index (χ0n) is 21.4. The van der Waals surface area contributed by atoms with E-state index in [0.717, 1.165) is 22.3 Å². The Morgan fingerprint density at radius 2 is 1.74 bits per heavy atom. The number of aliphatic carboxylic acids is 1. The second kappa shape index (κ2) is 12.0. The zero-order valence-corrected chi connectivity index (χ0v) is 22.1. The molecule has 0 saturated carbocycles. The van der Waals surface area contributed by atoms with Gasteiger partial charge in [-0.05, 0) is 42.7 Å². The summed E-state index contributed by atoms with van der Waals surface area (Å²) < 4.78 is 16.7. The number of hydrogen-bond acceptors (Lipinski definition) is 6. The van der Waals surface area contributed by atoms with Gasteiger partial charge in [0.25, 0.3) is 0 Å². The molecule has 196 valence electrons. The van der Waals surface area contributed by atoms with E-state index in [1.165, 1.54) is 0 Å². The fourth-order valence-electron chi connectivity index (χ4n) is 4.32. The third-order valence-electron chi connectivity index (χ3n) is 6.27. The van der Waals surface area contributed by atoms with E-state index < -0.39 is 18.0 Å². The lowest BCUT2D eigenvalue weighted by Gasteiger charge is -2.15. The Morgan fingerprint density at radius 3 is 2.42 bits per heavy atom. The van der Waals surface area contributed by atoms with E-state index in [1.807, 2.05) is 48.5 Å². The van der Waals surface area contributed by atoms with Crippen LogP contribution in [0.25, 0.3) is 11.3 Å². The zero-order chi connectivity index (χ0) is 27.2. The number of rotatable bonds is 10. The topological polar surface area (TPSA) is 98.9 Å². The monoisotopic (exact) mass is 533 g/mol. The molecule has 1 aromatic heterocycles. The van der Waals surface area contributed by atoms with Crippen molar-refractivity contribution >= 4 is 23.5 Å². The van der Waals surface area contributed by atoms with Crippen molar-refractivity contribution in [3.05, 3.63) is 105 Å². The van der Waals surface area contributed by atoms with Crippen LogP contribution in [0.4, 0.5) is 0 Å². The molecule has 0 aliphatic rings. The van der Waals surface area contributed by atoms with E-state index in [9.17, 15) is 9.59 Å². The molecule has 1 atom stereocenters. The van der Waals surface area contributed by atoms with Crippen molar-refractivity contribution in [1.82, 2.24) is 5.16 Å². The molecule has 0 spiro atoms. The fourth-order valence-corrected chi connectivity index (χ4v) is 4.61. The summed E-state index contributed by atoms with van der Waals surface area (Å²) in [6, 6.07) is 20.4. The van der Waals surface area contributed by atoms with E-state index in [1.54, 1.807) is 39.2 Å². The first-order valence-corrected chi connectivity index (χ1v) is 12.5. The van der Waals surface area contributed by atoms with Gasteiger partial charge >= 0.3 is 11.9 Å². The standard InChI is InChI=1S/C30H28ClNO6/c1-18-25(17-29(35)37-19(2)24-6-4-5-7-26(24)31)30(38-32-18)22-11-8-20(9-12-22)14-23-15-21(16-28(33)34)10-13-27(23)36-3/h4-13,15,19H,14,16-17H2,1-3H3,(H,33,34). The van der Waals surface area contributed by atoms with Crippen molar-refractivity contribution in [2.45, 2.75) is 39.2 Å². The Kier molecular flexibility index (Phi) is 8.48. The highest BCUT2D eigenvalue weighted by atomic mass is 35.5. The number of carbonyl (C=O) groups is 2. The maximum atomic E-state index is 12.8. The molecule has 1 N–H and O–H groups in total. The number of ether oxygens (including phenoxy) is 2. The van der Waals surface area contributed by atoms with Crippen LogP contribution in [0.2, 0.25) is 5.02 Å². The van der Waals surface area contributed by atoms with Gasteiger partial charge in [0.2, 0.25) is 0 Å². The maximum Gasteiger partial charge on any atom is 0.311 e. The average molecular weight is 534 g/mol. The van der Waals surface area contributed by atoms with Gasteiger partial charge in [0.1, 0.15) is 11.9 Å². The number of esters is 1. The molecule has 0 fully saturated rings. The number of carboxylic acids is 1. The molecule has 1 heterocycles. The Labute approximate surface area is 226 Å². The summed E-state index contributed by atoms with van der Waals surface area (Å²) in [5, 5.41) is 13.7. The summed E-state index contributed by atoms with van der Waals surface area (Å²) in [5.41, 5.74) is 5.41. The lowest BCUT2D eigenvalue weighted by atomic mass is 9.98. The Bertz CT molecular complexity index is 1440. The average Bonchev–Trinajstić information content (AvgIpc) is 3.24. The first-order valence-electron chi connectivity index (χ1n) is 12.1. The number of nitrogens with zero attached hydrogens (tertiary/aromatic N) is 1. The quantitative estimate of drug-likeness (QED) is 0.236. The molecule has 7 nitrogen and oxygen atoms in total. The maximum absolute atomic E-state index is 12.8. The number of hydrogen-bond donors (Lipinski definition) is 1. The highest BCUT2D eigenvalue weighted by Gasteiger charge is 2.21. The van der Waals surface area contributed by atoms with E-state index in [-0.39, 0.29) is 12.8 Å². The highest BCUT2D eigenvalue weighted by Crippen LogP contribution is 2.30. The van der Waals surface area contributed by atoms with E-state index in [4.69, 9.17) is 30.7 Å². The molecular weight excluding hydrogens is 506 g/mol. The molecule has 4 aromatic rings. The molecule has 8 heteroatoms. The van der Waals surface area contributed by atoms with Crippen LogP contribution in [-0.2, 0) is 33.6 Å². The van der Waals surface area contributed by atoms with Gasteiger partial charge in [0, 0.05) is 28.1 Å². The highest BCUT2D eigenvalue weighted by molar-refractivity contribution is 6.31. The van der Waals surface area contributed by atoms with Crippen LogP contribution in [0.3, 0.4) is 0 Å². The summed E-state index contributed by atoms with van der Waals surface area (Å²) in [6.45, 7) is 3.57. The molecule has 4 rings (SSSR count). The van der Waals surface area contributed by atoms with Crippen molar-refractivity contribution in [1.29, 1.82) is 0 Å². The Balaban J connectivity index is 1.49. The van der Waals surface area contributed by atoms with Crippen LogP contribution >= 0.6 is 11.6 Å². The van der Waals surface area contributed by atoms with Gasteiger partial charge in [-0.3, -0.25) is 9.59 Å². The number of halogens is 1. The van der Waals surface area contributed by atoms with Gasteiger partial charge in [-0.1, -0.05) is 71.4 Å². The number of carboxylic acid groups (broad SMARTS) is 1. The van der Waals surface area contributed by atoms with Crippen molar-refractivity contribution in [2.75, 3.05) is 7.11 Å². The fraction of sp³-hybridized carbons (Fsp3) is 0.233. The summed E-state index contributed by atoms with van der Waals surface area (Å²) in [7, 11) is 1.59. The second-order valence-corrected chi connectivity index (χ2v) is 9.40. The minimum atomic E-state index is -0.883. The minimum absolute atomic E-state index is 0.00871. The van der Waals surface area contributed by atoms with Crippen LogP contribution in [-0.4, -0.2) is 29.3 Å². The smallest absolute Gasteiger partial charge is 0.311 e. The number of carbonyl (C=O) groups excluding carboxylic acids is 1. The summed E-state index contributed by atoms with van der Waals surface area (Å²) in [6.07, 6.45) is 0.0220. The lowest BCUT2D eigenvalue weighted by molar-refractivity contribution is -0.147. The largest absolute Gasteiger partial charge is 0.496 e. The van der Waals surface area contributed by atoms with Gasteiger partial charge in [-0.25, -0.2) is 0 Å². The third-order valence-corrected chi connectivity index (χ3v) is 6.61. The summed E-state index contributed by atoms with van der Waals surface area (Å²) >= 11 is 6.24. The summed E-state index contributed by atoms with van der Waals surface area (Å²) in [5.74, 6) is -0.0842.